The number of nitrogens with zero attached hydrogens (tertiary/aromatic N) is 2. The number of sulfone groups is 1. The van der Waals surface area contributed by atoms with Crippen LogP contribution in [-0.4, -0.2) is 62.5 Å². The number of aryl methyl sites for hydroxylation is 1. The zero-order valence-corrected chi connectivity index (χ0v) is 19.1. The molecule has 0 saturated carbocycles. The quantitative estimate of drug-likeness (QED) is 0.678. The lowest BCUT2D eigenvalue weighted by molar-refractivity contribution is -0.137. The van der Waals surface area contributed by atoms with Crippen LogP contribution in [0.25, 0.3) is 0 Å². The number of aromatic amines is 1. The first-order valence-corrected chi connectivity index (χ1v) is 11.9. The number of benzene rings is 1. The third kappa shape index (κ3) is 6.44. The summed E-state index contributed by atoms with van der Waals surface area (Å²) in [5.74, 6) is 0.120. The first-order valence-electron chi connectivity index (χ1n) is 9.86. The minimum absolute atomic E-state index is 0.0337. The summed E-state index contributed by atoms with van der Waals surface area (Å²) in [6, 6.07) is 11.3. The Hall–Kier alpha value is -2.12. The van der Waals surface area contributed by atoms with Gasteiger partial charge < -0.3 is 9.88 Å². The molecule has 2 unspecified atom stereocenters. The van der Waals surface area contributed by atoms with Crippen molar-refractivity contribution >= 4 is 15.7 Å². The number of carbonyl (C=O) groups excluding carboxylic acids is 1. The van der Waals surface area contributed by atoms with Gasteiger partial charge >= 0.3 is 0 Å². The second-order valence-corrected chi connectivity index (χ2v) is 10.2. The highest BCUT2D eigenvalue weighted by Gasteiger charge is 2.29. The van der Waals surface area contributed by atoms with Crippen molar-refractivity contribution in [3.63, 3.8) is 0 Å². The lowest BCUT2D eigenvalue weighted by atomic mass is 10.00. The Morgan fingerprint density at radius 3 is 2.07 bits per heavy atom. The maximum absolute atomic E-state index is 13.1. The standard InChI is InChI=1S/C22H33N3O3S/c1-7-20(24(3)4)22(26)25(5)21(19-13-8-16(2)23-19)14-17-9-11-18(12-10-17)15-29(6,27)28/h8-13,20-21,23H,7,14-15H2,1-6H3. The smallest absolute Gasteiger partial charge is 0.240 e. The number of hydrogen-bond donors (Lipinski definition) is 1. The van der Waals surface area contributed by atoms with Crippen molar-refractivity contribution in [1.82, 2.24) is 14.8 Å². The number of rotatable bonds is 9. The molecule has 0 spiro atoms. The Morgan fingerprint density at radius 1 is 1.03 bits per heavy atom. The summed E-state index contributed by atoms with van der Waals surface area (Å²) in [5, 5.41) is 0. The molecule has 0 bridgehead atoms. The van der Waals surface area contributed by atoms with Crippen molar-refractivity contribution < 1.29 is 13.2 Å². The van der Waals surface area contributed by atoms with Crippen molar-refractivity contribution in [3.05, 3.63) is 58.9 Å². The molecule has 0 aliphatic carbocycles. The minimum Gasteiger partial charge on any atom is -0.361 e. The third-order valence-electron chi connectivity index (χ3n) is 5.20. The van der Waals surface area contributed by atoms with Gasteiger partial charge in [0, 0.05) is 24.7 Å². The molecule has 2 atom stereocenters. The molecular weight excluding hydrogens is 386 g/mol. The number of amides is 1. The molecule has 160 valence electrons. The first-order chi connectivity index (χ1) is 13.5. The monoisotopic (exact) mass is 419 g/mol. The number of H-pyrrole nitrogens is 1. The van der Waals surface area contributed by atoms with Crippen LogP contribution in [0.15, 0.2) is 36.4 Å². The number of nitrogens with one attached hydrogen (secondary N) is 1. The van der Waals surface area contributed by atoms with E-state index in [0.717, 1.165) is 28.9 Å². The van der Waals surface area contributed by atoms with Gasteiger partial charge in [-0.1, -0.05) is 31.2 Å². The zero-order chi connectivity index (χ0) is 21.8. The van der Waals surface area contributed by atoms with Crippen molar-refractivity contribution in [2.45, 2.75) is 44.5 Å². The Labute approximate surface area is 174 Å². The van der Waals surface area contributed by atoms with E-state index in [2.05, 4.69) is 4.98 Å². The van der Waals surface area contributed by atoms with E-state index >= 15 is 0 Å². The molecular formula is C22H33N3O3S. The Morgan fingerprint density at radius 2 is 1.62 bits per heavy atom. The van der Waals surface area contributed by atoms with Crippen LogP contribution in [0.2, 0.25) is 0 Å². The molecule has 6 nitrogen and oxygen atoms in total. The molecule has 0 radical (unpaired) electrons. The Balaban J connectivity index is 2.28. The molecule has 1 aromatic heterocycles. The molecule has 0 aliphatic heterocycles. The van der Waals surface area contributed by atoms with Crippen LogP contribution in [0.4, 0.5) is 0 Å². The average molecular weight is 420 g/mol. The van der Waals surface area contributed by atoms with Gasteiger partial charge in [-0.15, -0.1) is 0 Å². The maximum Gasteiger partial charge on any atom is 0.240 e. The van der Waals surface area contributed by atoms with Gasteiger partial charge in [-0.25, -0.2) is 8.42 Å². The highest BCUT2D eigenvalue weighted by molar-refractivity contribution is 7.89. The van der Waals surface area contributed by atoms with Gasteiger partial charge in [0.05, 0.1) is 17.8 Å². The summed E-state index contributed by atoms with van der Waals surface area (Å²) >= 11 is 0. The van der Waals surface area contributed by atoms with E-state index in [1.807, 2.05) is 81.2 Å². The van der Waals surface area contributed by atoms with Crippen LogP contribution < -0.4 is 0 Å². The minimum atomic E-state index is -3.06. The molecule has 0 saturated heterocycles. The summed E-state index contributed by atoms with van der Waals surface area (Å²) in [4.78, 5) is 20.3. The van der Waals surface area contributed by atoms with E-state index in [1.165, 1.54) is 6.26 Å². The molecule has 1 aromatic carbocycles. The predicted molar refractivity (Wildman–Crippen MR) is 118 cm³/mol. The summed E-state index contributed by atoms with van der Waals surface area (Å²) in [6.45, 7) is 4.02. The van der Waals surface area contributed by atoms with E-state index in [1.54, 1.807) is 0 Å². The van der Waals surface area contributed by atoms with Crippen molar-refractivity contribution in [2.75, 3.05) is 27.4 Å². The number of likely N-dealkylation sites (N-methyl/N-ethyl adjacent to an activating group) is 2. The molecule has 1 amide bonds. The molecule has 29 heavy (non-hydrogen) atoms. The van der Waals surface area contributed by atoms with E-state index in [-0.39, 0.29) is 23.7 Å². The third-order valence-corrected chi connectivity index (χ3v) is 6.06. The van der Waals surface area contributed by atoms with Crippen LogP contribution in [0, 0.1) is 6.92 Å². The van der Waals surface area contributed by atoms with E-state index < -0.39 is 9.84 Å². The normalized spacial score (nSPS) is 14.0. The van der Waals surface area contributed by atoms with Crippen LogP contribution in [-0.2, 0) is 26.8 Å². The molecule has 1 N–H and O–H groups in total. The SMILES string of the molecule is CCC(C(=O)N(C)C(Cc1ccc(CS(C)(=O)=O)cc1)c1ccc(C)[nH]1)N(C)C. The molecule has 7 heteroatoms. The van der Waals surface area contributed by atoms with Gasteiger partial charge in [0.2, 0.25) is 5.91 Å². The number of carbonyl (C=O) groups is 1. The Kier molecular flexibility index (Phi) is 7.66. The largest absolute Gasteiger partial charge is 0.361 e. The number of aromatic nitrogens is 1. The second-order valence-electron chi connectivity index (χ2n) is 8.04. The van der Waals surface area contributed by atoms with Gasteiger partial charge in [0.15, 0.2) is 9.84 Å². The summed E-state index contributed by atoms with van der Waals surface area (Å²) in [6.07, 6.45) is 2.62. The Bertz CT molecular complexity index is 917. The van der Waals surface area contributed by atoms with Gasteiger partial charge in [0.1, 0.15) is 0 Å². The molecule has 1 heterocycles. The van der Waals surface area contributed by atoms with Crippen LogP contribution in [0.5, 0.6) is 0 Å². The highest BCUT2D eigenvalue weighted by Crippen LogP contribution is 2.25. The van der Waals surface area contributed by atoms with Crippen molar-refractivity contribution in [2.24, 2.45) is 0 Å². The zero-order valence-electron chi connectivity index (χ0n) is 18.3. The molecule has 0 fully saturated rings. The van der Waals surface area contributed by atoms with E-state index in [9.17, 15) is 13.2 Å². The van der Waals surface area contributed by atoms with Crippen LogP contribution >= 0.6 is 0 Å². The van der Waals surface area contributed by atoms with Gasteiger partial charge in [-0.3, -0.25) is 9.69 Å². The van der Waals surface area contributed by atoms with Gasteiger partial charge in [-0.05, 0) is 57.1 Å². The highest BCUT2D eigenvalue weighted by atomic mass is 32.2. The van der Waals surface area contributed by atoms with E-state index in [0.29, 0.717) is 6.42 Å². The van der Waals surface area contributed by atoms with Crippen LogP contribution in [0.3, 0.4) is 0 Å². The topological polar surface area (TPSA) is 73.5 Å². The number of hydrogen-bond acceptors (Lipinski definition) is 4. The lowest BCUT2D eigenvalue weighted by Crippen LogP contribution is -2.45. The molecule has 0 aliphatic rings. The van der Waals surface area contributed by atoms with E-state index in [4.69, 9.17) is 0 Å². The molecule has 2 aromatic rings. The second kappa shape index (κ2) is 9.59. The first kappa shape index (κ1) is 23.2. The fourth-order valence-electron chi connectivity index (χ4n) is 3.62. The predicted octanol–water partition coefficient (Wildman–Crippen LogP) is 2.95. The summed E-state index contributed by atoms with van der Waals surface area (Å²) < 4.78 is 23.0. The maximum atomic E-state index is 13.1. The average Bonchev–Trinajstić information content (AvgIpc) is 3.05. The van der Waals surface area contributed by atoms with Gasteiger partial charge in [-0.2, -0.15) is 0 Å². The van der Waals surface area contributed by atoms with Crippen LogP contribution in [0.1, 0.15) is 41.9 Å². The fourth-order valence-corrected chi connectivity index (χ4v) is 4.42. The van der Waals surface area contributed by atoms with Gasteiger partial charge in [0.25, 0.3) is 0 Å². The van der Waals surface area contributed by atoms with Crippen molar-refractivity contribution in [3.8, 4) is 0 Å². The summed E-state index contributed by atoms with van der Waals surface area (Å²) in [7, 11) is 2.64. The summed E-state index contributed by atoms with van der Waals surface area (Å²) in [5.41, 5.74) is 3.87. The lowest BCUT2D eigenvalue weighted by Gasteiger charge is -2.33. The molecule has 2 rings (SSSR count). The fraction of sp³-hybridized carbons (Fsp3) is 0.500. The van der Waals surface area contributed by atoms with Crippen molar-refractivity contribution in [1.29, 1.82) is 0 Å².